The molecule has 2 unspecified atom stereocenters. The third kappa shape index (κ3) is 3.15. The molecule has 1 saturated heterocycles. The van der Waals surface area contributed by atoms with Gasteiger partial charge in [0, 0.05) is 6.04 Å². The minimum Gasteiger partial charge on any atom is -0.388 e. The van der Waals surface area contributed by atoms with Crippen LogP contribution in [0, 0.1) is 0 Å². The normalized spacial score (nSPS) is 34.6. The molecule has 0 bridgehead atoms. The molecule has 0 radical (unpaired) electrons. The van der Waals surface area contributed by atoms with E-state index in [0.717, 1.165) is 0 Å². The zero-order valence-corrected chi connectivity index (χ0v) is 11.7. The molecule has 0 aromatic carbocycles. The molecule has 2 rings (SSSR count). The zero-order valence-electron chi connectivity index (χ0n) is 11.7. The Morgan fingerprint density at radius 2 is 2.00 bits per heavy atom. The lowest BCUT2D eigenvalue weighted by atomic mass is 10.0. The Morgan fingerprint density at radius 3 is 2.60 bits per heavy atom. The van der Waals surface area contributed by atoms with Gasteiger partial charge in [-0.1, -0.05) is 5.21 Å². The maximum atomic E-state index is 9.80. The molecule has 0 aliphatic carbocycles. The van der Waals surface area contributed by atoms with Crippen LogP contribution in [0.3, 0.4) is 0 Å². The summed E-state index contributed by atoms with van der Waals surface area (Å²) >= 11 is 0. The van der Waals surface area contributed by atoms with E-state index < -0.39 is 30.7 Å². The summed E-state index contributed by atoms with van der Waals surface area (Å²) in [6, 6.07) is 0.199. The highest BCUT2D eigenvalue weighted by molar-refractivity contribution is 4.92. The minimum absolute atomic E-state index is 0.101. The fourth-order valence-corrected chi connectivity index (χ4v) is 1.95. The Hall–Kier alpha value is -1.06. The van der Waals surface area contributed by atoms with Gasteiger partial charge in [0.15, 0.2) is 6.29 Å². The van der Waals surface area contributed by atoms with E-state index in [4.69, 9.17) is 9.47 Å². The van der Waals surface area contributed by atoms with Gasteiger partial charge in [-0.05, 0) is 20.8 Å². The molecule has 1 aromatic rings. The zero-order chi connectivity index (χ0) is 14.9. The van der Waals surface area contributed by atoms with E-state index in [-0.39, 0.29) is 12.6 Å². The molecule has 20 heavy (non-hydrogen) atoms. The Labute approximate surface area is 116 Å². The summed E-state index contributed by atoms with van der Waals surface area (Å²) in [5.41, 5.74) is 0.600. The van der Waals surface area contributed by atoms with Crippen LogP contribution in [0.4, 0.5) is 0 Å². The predicted molar refractivity (Wildman–Crippen MR) is 67.6 cm³/mol. The van der Waals surface area contributed by atoms with Crippen LogP contribution in [-0.2, 0) is 16.1 Å². The highest BCUT2D eigenvalue weighted by Crippen LogP contribution is 2.22. The van der Waals surface area contributed by atoms with Crippen LogP contribution in [0.25, 0.3) is 0 Å². The van der Waals surface area contributed by atoms with Gasteiger partial charge < -0.3 is 24.8 Å². The van der Waals surface area contributed by atoms with Crippen molar-refractivity contribution in [2.75, 3.05) is 0 Å². The molecule has 2 heterocycles. The first-order valence-electron chi connectivity index (χ1n) is 6.62. The molecule has 1 aromatic heterocycles. The van der Waals surface area contributed by atoms with Crippen LogP contribution in [0.15, 0.2) is 6.20 Å². The average molecular weight is 287 g/mol. The van der Waals surface area contributed by atoms with E-state index in [1.54, 1.807) is 17.8 Å². The van der Waals surface area contributed by atoms with E-state index >= 15 is 0 Å². The van der Waals surface area contributed by atoms with E-state index in [2.05, 4.69) is 10.3 Å². The van der Waals surface area contributed by atoms with Crippen molar-refractivity contribution in [2.24, 2.45) is 0 Å². The van der Waals surface area contributed by atoms with Crippen molar-refractivity contribution in [3.05, 3.63) is 11.9 Å². The second-order valence-corrected chi connectivity index (χ2v) is 5.28. The number of nitrogens with zero attached hydrogens (tertiary/aromatic N) is 3. The fraction of sp³-hybridized carbons (Fsp3) is 0.833. The highest BCUT2D eigenvalue weighted by Gasteiger charge is 2.42. The quantitative estimate of drug-likeness (QED) is 0.665. The summed E-state index contributed by atoms with van der Waals surface area (Å²) < 4.78 is 12.4. The molecule has 8 nitrogen and oxygen atoms in total. The number of ether oxygens (including phenoxy) is 2. The molecule has 1 aliphatic heterocycles. The van der Waals surface area contributed by atoms with E-state index in [0.29, 0.717) is 5.69 Å². The molecule has 1 fully saturated rings. The Balaban J connectivity index is 1.92. The first-order chi connectivity index (χ1) is 9.40. The van der Waals surface area contributed by atoms with Crippen LogP contribution in [0.2, 0.25) is 0 Å². The summed E-state index contributed by atoms with van der Waals surface area (Å²) in [5, 5.41) is 36.9. The van der Waals surface area contributed by atoms with Crippen molar-refractivity contribution in [3.63, 3.8) is 0 Å². The van der Waals surface area contributed by atoms with Gasteiger partial charge in [0.25, 0.3) is 0 Å². The lowest BCUT2D eigenvalue weighted by Gasteiger charge is -2.38. The predicted octanol–water partition coefficient (Wildman–Crippen LogP) is -0.797. The lowest BCUT2D eigenvalue weighted by molar-refractivity contribution is -0.296. The van der Waals surface area contributed by atoms with E-state index in [1.807, 2.05) is 13.8 Å². The number of aromatic nitrogens is 3. The molecule has 8 heteroatoms. The second kappa shape index (κ2) is 6.15. The van der Waals surface area contributed by atoms with Gasteiger partial charge in [0.05, 0.1) is 18.9 Å². The van der Waals surface area contributed by atoms with E-state index in [9.17, 15) is 15.3 Å². The van der Waals surface area contributed by atoms with Crippen LogP contribution in [-0.4, -0.2) is 61.0 Å². The SMILES string of the molecule is CC1O[C@@H](OCc2cn(C(C)C)nn2)C(O)[C@@H](O)[C@@H]1O. The molecule has 3 N–H and O–H groups in total. The molecule has 1 aliphatic rings. The summed E-state index contributed by atoms with van der Waals surface area (Å²) in [6.07, 6.45) is -3.62. The standard InChI is InChI=1S/C12H21N3O5/c1-6(2)15-4-8(13-14-15)5-19-12-11(18)10(17)9(16)7(3)20-12/h4,6-7,9-12,16-18H,5H2,1-3H3/t7?,9-,10+,11?,12-/m1/s1. The Bertz CT molecular complexity index is 438. The first-order valence-corrected chi connectivity index (χ1v) is 6.62. The smallest absolute Gasteiger partial charge is 0.186 e. The highest BCUT2D eigenvalue weighted by atomic mass is 16.7. The van der Waals surface area contributed by atoms with Crippen molar-refractivity contribution in [1.29, 1.82) is 0 Å². The monoisotopic (exact) mass is 287 g/mol. The number of rotatable bonds is 4. The molecule has 0 amide bonds. The maximum Gasteiger partial charge on any atom is 0.186 e. The summed E-state index contributed by atoms with van der Waals surface area (Å²) in [5.74, 6) is 0. The van der Waals surface area contributed by atoms with Crippen LogP contribution >= 0.6 is 0 Å². The third-order valence-electron chi connectivity index (χ3n) is 3.29. The molecule has 5 atom stereocenters. The fourth-order valence-electron chi connectivity index (χ4n) is 1.95. The molecule has 114 valence electrons. The number of aliphatic hydroxyl groups is 3. The number of hydrogen-bond donors (Lipinski definition) is 3. The van der Waals surface area contributed by atoms with Gasteiger partial charge in [-0.3, -0.25) is 0 Å². The molecule has 0 saturated carbocycles. The van der Waals surface area contributed by atoms with Gasteiger partial charge in [-0.15, -0.1) is 5.10 Å². The molecule has 0 spiro atoms. The average Bonchev–Trinajstić information content (AvgIpc) is 2.88. The number of hydrogen-bond acceptors (Lipinski definition) is 7. The van der Waals surface area contributed by atoms with Gasteiger partial charge in [-0.25, -0.2) is 4.68 Å². The van der Waals surface area contributed by atoms with Crippen molar-refractivity contribution in [2.45, 2.75) is 64.1 Å². The van der Waals surface area contributed by atoms with Gasteiger partial charge in [0.1, 0.15) is 24.0 Å². The van der Waals surface area contributed by atoms with E-state index in [1.165, 1.54) is 0 Å². The first kappa shape index (κ1) is 15.3. The summed E-state index contributed by atoms with van der Waals surface area (Å²) in [4.78, 5) is 0. The summed E-state index contributed by atoms with van der Waals surface area (Å²) in [6.45, 7) is 5.66. The van der Waals surface area contributed by atoms with Crippen molar-refractivity contribution in [3.8, 4) is 0 Å². The van der Waals surface area contributed by atoms with Crippen LogP contribution in [0.5, 0.6) is 0 Å². The second-order valence-electron chi connectivity index (χ2n) is 5.28. The van der Waals surface area contributed by atoms with Crippen molar-refractivity contribution < 1.29 is 24.8 Å². The van der Waals surface area contributed by atoms with Gasteiger partial charge >= 0.3 is 0 Å². The maximum absolute atomic E-state index is 9.80. The minimum atomic E-state index is -1.30. The van der Waals surface area contributed by atoms with Crippen molar-refractivity contribution >= 4 is 0 Å². The largest absolute Gasteiger partial charge is 0.388 e. The Kier molecular flexibility index (Phi) is 4.71. The summed E-state index contributed by atoms with van der Waals surface area (Å²) in [7, 11) is 0. The molecular weight excluding hydrogens is 266 g/mol. The van der Waals surface area contributed by atoms with Crippen molar-refractivity contribution in [1.82, 2.24) is 15.0 Å². The topological polar surface area (TPSA) is 110 Å². The molecular formula is C12H21N3O5. The number of aliphatic hydroxyl groups excluding tert-OH is 3. The third-order valence-corrected chi connectivity index (χ3v) is 3.29. The van der Waals surface area contributed by atoms with Crippen LogP contribution in [0.1, 0.15) is 32.5 Å². The Morgan fingerprint density at radius 1 is 1.30 bits per heavy atom. The van der Waals surface area contributed by atoms with Gasteiger partial charge in [-0.2, -0.15) is 0 Å². The van der Waals surface area contributed by atoms with Gasteiger partial charge in [0.2, 0.25) is 0 Å². The lowest BCUT2D eigenvalue weighted by Crippen LogP contribution is -2.57. The van der Waals surface area contributed by atoms with Crippen LogP contribution < -0.4 is 0 Å².